The smallest absolute Gasteiger partial charge is 0.277 e. The summed E-state index contributed by atoms with van der Waals surface area (Å²) in [6.45, 7) is 8.58. The molecule has 5 rings (SSSR count). The Balaban J connectivity index is 1.49. The standard InChI is InChI=1S/C31H37N5O5S/c1-5-21(6-2)30-32-20(4)27-31(38)33-29(34-36(27)30)25-19-24(13-14-26(25)41-7-3)42(39,40)35-17-15-23(16-18-35)28(37)22-11-9-8-10-12-22/h8-14,19,21,23H,5-7,15-18H2,1-4H3,(H,33,34,38). The zero-order chi connectivity index (χ0) is 30.0. The molecule has 0 amide bonds. The predicted molar refractivity (Wildman–Crippen MR) is 161 cm³/mol. The van der Waals surface area contributed by atoms with E-state index in [2.05, 4.69) is 23.8 Å². The predicted octanol–water partition coefficient (Wildman–Crippen LogP) is 4.98. The van der Waals surface area contributed by atoms with Crippen molar-refractivity contribution < 1.29 is 17.9 Å². The van der Waals surface area contributed by atoms with Gasteiger partial charge in [-0.2, -0.15) is 4.31 Å². The number of nitrogens with one attached hydrogen (secondary N) is 1. The highest BCUT2D eigenvalue weighted by Gasteiger charge is 2.33. The molecule has 10 nitrogen and oxygen atoms in total. The van der Waals surface area contributed by atoms with Crippen LogP contribution in [0.1, 0.15) is 74.2 Å². The molecule has 0 radical (unpaired) electrons. The van der Waals surface area contributed by atoms with Gasteiger partial charge in [-0.05, 0) is 57.7 Å². The summed E-state index contributed by atoms with van der Waals surface area (Å²) in [5.41, 5.74) is 1.62. The lowest BCUT2D eigenvalue weighted by Gasteiger charge is -2.30. The second-order valence-electron chi connectivity index (χ2n) is 10.6. The fraction of sp³-hybridized carbons (Fsp3) is 0.419. The van der Waals surface area contributed by atoms with Gasteiger partial charge in [0.1, 0.15) is 11.6 Å². The maximum Gasteiger partial charge on any atom is 0.277 e. The first kappa shape index (κ1) is 29.7. The molecule has 1 aliphatic heterocycles. The number of carbonyl (C=O) groups excluding carboxylic acids is 1. The second-order valence-corrected chi connectivity index (χ2v) is 12.6. The quantitative estimate of drug-likeness (QED) is 0.258. The number of hydrogen-bond acceptors (Lipinski definition) is 7. The molecule has 1 fully saturated rings. The van der Waals surface area contributed by atoms with Gasteiger partial charge in [0, 0.05) is 30.5 Å². The van der Waals surface area contributed by atoms with Gasteiger partial charge in [0.05, 0.1) is 22.8 Å². The van der Waals surface area contributed by atoms with Crippen LogP contribution in [0.2, 0.25) is 0 Å². The Labute approximate surface area is 245 Å². The Morgan fingerprint density at radius 1 is 1.07 bits per heavy atom. The number of carbonyl (C=O) groups is 1. The number of nitrogens with zero attached hydrogens (tertiary/aromatic N) is 4. The van der Waals surface area contributed by atoms with Crippen LogP contribution in [0.4, 0.5) is 0 Å². The molecule has 0 unspecified atom stereocenters. The van der Waals surface area contributed by atoms with Crippen molar-refractivity contribution in [2.75, 3.05) is 19.7 Å². The van der Waals surface area contributed by atoms with Crippen LogP contribution >= 0.6 is 0 Å². The van der Waals surface area contributed by atoms with E-state index in [1.807, 2.05) is 25.1 Å². The minimum atomic E-state index is -3.89. The molecule has 1 aliphatic rings. The topological polar surface area (TPSA) is 127 Å². The van der Waals surface area contributed by atoms with Gasteiger partial charge in [-0.1, -0.05) is 44.2 Å². The summed E-state index contributed by atoms with van der Waals surface area (Å²) in [4.78, 5) is 33.7. The third kappa shape index (κ3) is 5.50. The summed E-state index contributed by atoms with van der Waals surface area (Å²) < 4.78 is 36.4. The van der Waals surface area contributed by atoms with Crippen LogP contribution in [0.5, 0.6) is 5.75 Å². The molecule has 0 aliphatic carbocycles. The number of aromatic amines is 1. The van der Waals surface area contributed by atoms with E-state index >= 15 is 0 Å². The number of ether oxygens (including phenoxy) is 1. The molecule has 2 aromatic heterocycles. The molecule has 11 heteroatoms. The number of hydrogen-bond donors (Lipinski definition) is 1. The molecule has 1 saturated heterocycles. The minimum Gasteiger partial charge on any atom is -0.493 e. The number of imidazole rings is 1. The Morgan fingerprint density at radius 2 is 1.76 bits per heavy atom. The van der Waals surface area contributed by atoms with Crippen molar-refractivity contribution >= 4 is 21.3 Å². The van der Waals surface area contributed by atoms with Crippen molar-refractivity contribution in [2.45, 2.75) is 64.2 Å². The van der Waals surface area contributed by atoms with Crippen molar-refractivity contribution in [3.05, 3.63) is 76.0 Å². The first-order valence-electron chi connectivity index (χ1n) is 14.6. The second kappa shape index (κ2) is 12.2. The molecule has 0 atom stereocenters. The summed E-state index contributed by atoms with van der Waals surface area (Å²) in [5, 5.41) is 4.75. The van der Waals surface area contributed by atoms with Crippen LogP contribution in [-0.2, 0) is 10.0 Å². The lowest BCUT2D eigenvalue weighted by Crippen LogP contribution is -2.40. The van der Waals surface area contributed by atoms with Gasteiger partial charge >= 0.3 is 0 Å². The average Bonchev–Trinajstić information content (AvgIpc) is 3.34. The number of aromatic nitrogens is 4. The van der Waals surface area contributed by atoms with E-state index in [1.54, 1.807) is 29.6 Å². The summed E-state index contributed by atoms with van der Waals surface area (Å²) in [5.74, 6) is 1.25. The third-order valence-electron chi connectivity index (χ3n) is 8.08. The number of H-pyrrole nitrogens is 1. The molecule has 2 aromatic carbocycles. The maximum atomic E-state index is 13.8. The molecular weight excluding hydrogens is 554 g/mol. The van der Waals surface area contributed by atoms with E-state index in [0.29, 0.717) is 53.4 Å². The average molecular weight is 592 g/mol. The highest BCUT2D eigenvalue weighted by molar-refractivity contribution is 7.89. The van der Waals surface area contributed by atoms with Crippen molar-refractivity contribution in [1.82, 2.24) is 23.9 Å². The fourth-order valence-electron chi connectivity index (χ4n) is 5.71. The van der Waals surface area contributed by atoms with Crippen molar-refractivity contribution in [1.29, 1.82) is 0 Å². The van der Waals surface area contributed by atoms with E-state index in [9.17, 15) is 18.0 Å². The van der Waals surface area contributed by atoms with Crippen LogP contribution in [0.25, 0.3) is 16.9 Å². The summed E-state index contributed by atoms with van der Waals surface area (Å²) in [6.07, 6.45) is 2.57. The number of rotatable bonds is 10. The Morgan fingerprint density at radius 3 is 2.40 bits per heavy atom. The molecule has 3 heterocycles. The largest absolute Gasteiger partial charge is 0.493 e. The van der Waals surface area contributed by atoms with Crippen molar-refractivity contribution in [2.24, 2.45) is 5.92 Å². The SMILES string of the molecule is CCOc1ccc(S(=O)(=O)N2CCC(C(=O)c3ccccc3)CC2)cc1-c1nn2c(C(CC)CC)nc(C)c2c(=O)[nH]1. The number of fused-ring (bicyclic) bond motifs is 1. The molecule has 0 bridgehead atoms. The molecular formula is C31H37N5O5S. The zero-order valence-electron chi connectivity index (χ0n) is 24.5. The third-order valence-corrected chi connectivity index (χ3v) is 9.97. The van der Waals surface area contributed by atoms with E-state index in [1.165, 1.54) is 16.4 Å². The lowest BCUT2D eigenvalue weighted by molar-refractivity contribution is 0.0875. The van der Waals surface area contributed by atoms with Gasteiger partial charge < -0.3 is 9.72 Å². The molecule has 222 valence electrons. The molecule has 0 spiro atoms. The van der Waals surface area contributed by atoms with Gasteiger partial charge in [0.25, 0.3) is 5.56 Å². The number of sulfonamides is 1. The van der Waals surface area contributed by atoms with E-state index in [0.717, 1.165) is 12.8 Å². The molecule has 1 N–H and O–H groups in total. The van der Waals surface area contributed by atoms with Crippen molar-refractivity contribution in [3.63, 3.8) is 0 Å². The Hall–Kier alpha value is -3.83. The summed E-state index contributed by atoms with van der Waals surface area (Å²) in [6, 6.07) is 13.7. The minimum absolute atomic E-state index is 0.0453. The number of aryl methyl sites for hydroxylation is 1. The van der Waals surface area contributed by atoms with Crippen molar-refractivity contribution in [3.8, 4) is 17.1 Å². The molecule has 4 aromatic rings. The number of piperidine rings is 1. The normalized spacial score (nSPS) is 15.0. The summed E-state index contributed by atoms with van der Waals surface area (Å²) >= 11 is 0. The fourth-order valence-corrected chi connectivity index (χ4v) is 7.21. The van der Waals surface area contributed by atoms with Crippen LogP contribution in [0.3, 0.4) is 0 Å². The monoisotopic (exact) mass is 591 g/mol. The number of ketones is 1. The van der Waals surface area contributed by atoms with Gasteiger partial charge in [-0.3, -0.25) is 9.59 Å². The van der Waals surface area contributed by atoms with Crippen LogP contribution < -0.4 is 10.3 Å². The maximum absolute atomic E-state index is 13.8. The van der Waals surface area contributed by atoms with Gasteiger partial charge in [-0.15, -0.1) is 5.10 Å². The zero-order valence-corrected chi connectivity index (χ0v) is 25.3. The van der Waals surface area contributed by atoms with Crippen LogP contribution in [0, 0.1) is 12.8 Å². The highest BCUT2D eigenvalue weighted by atomic mass is 32.2. The van der Waals surface area contributed by atoms with Gasteiger partial charge in [-0.25, -0.2) is 17.9 Å². The lowest BCUT2D eigenvalue weighted by atomic mass is 9.90. The van der Waals surface area contributed by atoms with E-state index < -0.39 is 10.0 Å². The number of benzene rings is 2. The summed E-state index contributed by atoms with van der Waals surface area (Å²) in [7, 11) is -3.89. The van der Waals surface area contributed by atoms with Gasteiger partial charge in [0.2, 0.25) is 10.0 Å². The van der Waals surface area contributed by atoms with Crippen LogP contribution in [-0.4, -0.2) is 57.8 Å². The first-order valence-corrected chi connectivity index (χ1v) is 16.0. The molecule has 42 heavy (non-hydrogen) atoms. The van der Waals surface area contributed by atoms with E-state index in [4.69, 9.17) is 9.84 Å². The highest BCUT2D eigenvalue weighted by Crippen LogP contribution is 2.33. The van der Waals surface area contributed by atoms with E-state index in [-0.39, 0.29) is 47.0 Å². The van der Waals surface area contributed by atoms with Gasteiger partial charge in [0.15, 0.2) is 17.1 Å². The Kier molecular flexibility index (Phi) is 8.60. The Bertz CT molecular complexity index is 1750. The van der Waals surface area contributed by atoms with Crippen LogP contribution in [0.15, 0.2) is 58.2 Å². The first-order chi connectivity index (χ1) is 20.2. The molecule has 0 saturated carbocycles. The number of Topliss-reactive ketones (excluding diaryl/α,β-unsaturated/α-hetero) is 1.